The maximum absolute atomic E-state index is 5.99. The van der Waals surface area contributed by atoms with Crippen molar-refractivity contribution in [1.82, 2.24) is 9.88 Å². The number of hydrogen-bond donors (Lipinski definition) is 1. The fraction of sp³-hybridized carbons (Fsp3) is 0.118. The molecule has 1 aliphatic heterocycles. The number of hydrogen-bond acceptors (Lipinski definition) is 3. The van der Waals surface area contributed by atoms with E-state index in [1.807, 2.05) is 6.26 Å². The highest BCUT2D eigenvalue weighted by molar-refractivity contribution is 6.07. The van der Waals surface area contributed by atoms with Gasteiger partial charge in [-0.3, -0.25) is 4.57 Å². The third-order valence-electron chi connectivity index (χ3n) is 12.1. The number of para-hydroxylation sites is 1. The molecule has 0 amide bonds. The summed E-state index contributed by atoms with van der Waals surface area (Å²) in [6, 6.07) is 52.6. The zero-order valence-corrected chi connectivity index (χ0v) is 30.9. The Bertz CT molecular complexity index is 2920. The van der Waals surface area contributed by atoms with E-state index in [1.54, 1.807) is 0 Å². The molecule has 1 atom stereocenters. The Morgan fingerprint density at radius 2 is 1.44 bits per heavy atom. The molecule has 4 nitrogen and oxygen atoms in total. The minimum absolute atomic E-state index is 0.0186. The minimum Gasteiger partial charge on any atom is -0.464 e. The number of allylic oxidation sites excluding steroid dienone is 1. The molecule has 2 aromatic heterocycles. The van der Waals surface area contributed by atoms with Gasteiger partial charge in [-0.1, -0.05) is 129 Å². The van der Waals surface area contributed by atoms with Gasteiger partial charge in [0.25, 0.3) is 0 Å². The van der Waals surface area contributed by atoms with Gasteiger partial charge in [0.05, 0.1) is 17.8 Å². The van der Waals surface area contributed by atoms with E-state index in [9.17, 15) is 0 Å². The molecule has 264 valence electrons. The topological polar surface area (TPSA) is 42.5 Å². The number of amidine groups is 1. The molecule has 8 aromatic rings. The second-order valence-electron chi connectivity index (χ2n) is 15.5. The first kappa shape index (κ1) is 31.8. The number of fused-ring (bicyclic) bond motifs is 10. The van der Waals surface area contributed by atoms with Crippen LogP contribution in [0.25, 0.3) is 61.6 Å². The van der Waals surface area contributed by atoms with Crippen molar-refractivity contribution >= 4 is 45.2 Å². The van der Waals surface area contributed by atoms with E-state index >= 15 is 0 Å². The van der Waals surface area contributed by atoms with Gasteiger partial charge in [-0.25, -0.2) is 4.99 Å². The van der Waals surface area contributed by atoms with E-state index in [0.29, 0.717) is 0 Å². The van der Waals surface area contributed by atoms with Gasteiger partial charge in [-0.05, 0) is 99.8 Å². The summed E-state index contributed by atoms with van der Waals surface area (Å²) in [4.78, 5) is 5.34. The lowest BCUT2D eigenvalue weighted by Gasteiger charge is -2.29. The zero-order valence-electron chi connectivity index (χ0n) is 30.9. The van der Waals surface area contributed by atoms with Gasteiger partial charge in [-0.2, -0.15) is 0 Å². The summed E-state index contributed by atoms with van der Waals surface area (Å²) >= 11 is 0. The molecule has 0 saturated carbocycles. The van der Waals surface area contributed by atoms with Crippen LogP contribution in [0.4, 0.5) is 0 Å². The Morgan fingerprint density at radius 1 is 0.673 bits per heavy atom. The Balaban J connectivity index is 1.09. The first-order valence-corrected chi connectivity index (χ1v) is 19.3. The van der Waals surface area contributed by atoms with Crippen LogP contribution in [0.1, 0.15) is 65.4 Å². The lowest BCUT2D eigenvalue weighted by Crippen LogP contribution is -2.32. The highest BCUT2D eigenvalue weighted by atomic mass is 16.3. The maximum Gasteiger partial charge on any atom is 0.138 e. The molecule has 0 spiro atoms. The molecule has 0 bridgehead atoms. The number of aliphatic imine (C=N–C) groups is 1. The van der Waals surface area contributed by atoms with Gasteiger partial charge >= 0.3 is 0 Å². The molecule has 2 aliphatic carbocycles. The SMILES string of the molecule is CC1(C)c2ccccc2-c2ccc3occc3c2-c2cc(C3=Cc4c(n(C5=CC(c6ccccc6)NC(c6ccccc6)=N5)c5ccccc45)CC3)ccc21. The van der Waals surface area contributed by atoms with Crippen LogP contribution in [0.15, 0.2) is 167 Å². The predicted octanol–water partition coefficient (Wildman–Crippen LogP) is 12.4. The number of benzene rings is 6. The molecule has 0 saturated heterocycles. The van der Waals surface area contributed by atoms with Crippen LogP contribution in [0.3, 0.4) is 0 Å². The number of nitrogens with zero attached hydrogens (tertiary/aromatic N) is 2. The Morgan fingerprint density at radius 3 is 2.31 bits per heavy atom. The van der Waals surface area contributed by atoms with Crippen molar-refractivity contribution in [3.05, 3.63) is 197 Å². The van der Waals surface area contributed by atoms with Gasteiger partial charge in [0.1, 0.15) is 17.2 Å². The third kappa shape index (κ3) is 4.94. The summed E-state index contributed by atoms with van der Waals surface area (Å²) in [7, 11) is 0. The van der Waals surface area contributed by atoms with Crippen LogP contribution in [-0.2, 0) is 11.8 Å². The Labute approximate surface area is 320 Å². The largest absolute Gasteiger partial charge is 0.464 e. The smallest absolute Gasteiger partial charge is 0.138 e. The van der Waals surface area contributed by atoms with Gasteiger partial charge in [0.15, 0.2) is 0 Å². The van der Waals surface area contributed by atoms with Gasteiger partial charge in [-0.15, -0.1) is 0 Å². The van der Waals surface area contributed by atoms with Crippen molar-refractivity contribution in [3.63, 3.8) is 0 Å². The van der Waals surface area contributed by atoms with Crippen molar-refractivity contribution < 1.29 is 4.42 Å². The normalized spacial score (nSPS) is 16.8. The number of rotatable bonds is 4. The lowest BCUT2D eigenvalue weighted by atomic mass is 9.74. The van der Waals surface area contributed by atoms with E-state index in [-0.39, 0.29) is 11.5 Å². The molecule has 6 aromatic carbocycles. The fourth-order valence-electron chi connectivity index (χ4n) is 9.41. The molecule has 11 rings (SSSR count). The Hall–Kier alpha value is -6.65. The highest BCUT2D eigenvalue weighted by Crippen LogP contribution is 2.52. The van der Waals surface area contributed by atoms with Crippen molar-refractivity contribution in [3.8, 4) is 22.3 Å². The van der Waals surface area contributed by atoms with Crippen molar-refractivity contribution in [1.29, 1.82) is 0 Å². The van der Waals surface area contributed by atoms with E-state index in [2.05, 4.69) is 181 Å². The van der Waals surface area contributed by atoms with Crippen LogP contribution >= 0.6 is 0 Å². The quantitative estimate of drug-likeness (QED) is 0.198. The summed E-state index contributed by atoms with van der Waals surface area (Å²) in [5.74, 6) is 1.83. The summed E-state index contributed by atoms with van der Waals surface area (Å²) in [6.45, 7) is 4.74. The number of nitrogens with one attached hydrogen (secondary N) is 1. The predicted molar refractivity (Wildman–Crippen MR) is 227 cm³/mol. The zero-order chi connectivity index (χ0) is 36.7. The molecule has 0 radical (unpaired) electrons. The maximum atomic E-state index is 5.99. The molecule has 1 unspecified atom stereocenters. The fourth-order valence-corrected chi connectivity index (χ4v) is 9.41. The van der Waals surface area contributed by atoms with E-state index in [4.69, 9.17) is 9.41 Å². The summed E-state index contributed by atoms with van der Waals surface area (Å²) in [5.41, 5.74) is 17.2. The summed E-state index contributed by atoms with van der Waals surface area (Å²) < 4.78 is 8.41. The van der Waals surface area contributed by atoms with Gasteiger partial charge < -0.3 is 9.73 Å². The molecular weight excluding hydrogens is 671 g/mol. The van der Waals surface area contributed by atoms with E-state index < -0.39 is 0 Å². The van der Waals surface area contributed by atoms with E-state index in [1.165, 1.54) is 72.2 Å². The van der Waals surface area contributed by atoms with Crippen LogP contribution in [0.5, 0.6) is 0 Å². The molecule has 0 fully saturated rings. The molecular formula is C51H39N3O. The van der Waals surface area contributed by atoms with Crippen molar-refractivity contribution in [2.24, 2.45) is 4.99 Å². The average Bonchev–Trinajstić information content (AvgIpc) is 3.84. The molecule has 3 aliphatic rings. The minimum atomic E-state index is -0.194. The molecule has 1 N–H and O–H groups in total. The summed E-state index contributed by atoms with van der Waals surface area (Å²) in [5, 5.41) is 6.14. The standard InChI is InChI=1S/C51H39N3O/c1-51(2)42-19-11-9-17-36(42)38-23-26-47-39(27-28-55-47)49(38)41-30-34(21-24-43(41)51)35-22-25-46-40(29-35)37-18-10-12-20-45(37)54(46)48-31-44(32-13-5-3-6-14-32)52-50(53-48)33-15-7-4-8-16-33/h3-21,23-24,26-31,44H,22,25H2,1-2H3,(H,52,53). The van der Waals surface area contributed by atoms with Gasteiger partial charge in [0, 0.05) is 38.6 Å². The van der Waals surface area contributed by atoms with Crippen LogP contribution < -0.4 is 5.32 Å². The van der Waals surface area contributed by atoms with Crippen LogP contribution in [-0.4, -0.2) is 10.4 Å². The first-order chi connectivity index (χ1) is 27.0. The average molecular weight is 710 g/mol. The Kier molecular flexibility index (Phi) is 7.06. The number of aromatic nitrogens is 1. The lowest BCUT2D eigenvalue weighted by molar-refractivity contribution is 0.616. The molecule has 4 heteroatoms. The second kappa shape index (κ2) is 12.2. The van der Waals surface area contributed by atoms with Crippen LogP contribution in [0, 0.1) is 0 Å². The molecule has 3 heterocycles. The third-order valence-corrected chi connectivity index (χ3v) is 12.1. The number of furan rings is 1. The highest BCUT2D eigenvalue weighted by Gasteiger charge is 2.35. The van der Waals surface area contributed by atoms with Gasteiger partial charge in [0.2, 0.25) is 0 Å². The monoisotopic (exact) mass is 709 g/mol. The van der Waals surface area contributed by atoms with Crippen molar-refractivity contribution in [2.45, 2.75) is 38.1 Å². The second-order valence-corrected chi connectivity index (χ2v) is 15.5. The van der Waals surface area contributed by atoms with Crippen LogP contribution in [0.2, 0.25) is 0 Å². The summed E-state index contributed by atoms with van der Waals surface area (Å²) in [6.07, 6.45) is 8.40. The van der Waals surface area contributed by atoms with Crippen molar-refractivity contribution in [2.75, 3.05) is 0 Å². The molecule has 55 heavy (non-hydrogen) atoms. The first-order valence-electron chi connectivity index (χ1n) is 19.3. The van der Waals surface area contributed by atoms with E-state index in [0.717, 1.165) is 41.0 Å².